The molecule has 0 saturated carbocycles. The van der Waals surface area contributed by atoms with Crippen molar-refractivity contribution in [3.8, 4) is 0 Å². The lowest BCUT2D eigenvalue weighted by molar-refractivity contribution is 0.139. The van der Waals surface area contributed by atoms with E-state index >= 15 is 0 Å². The van der Waals surface area contributed by atoms with E-state index in [4.69, 9.17) is 0 Å². The Morgan fingerprint density at radius 3 is 2.53 bits per heavy atom. The van der Waals surface area contributed by atoms with Crippen LogP contribution in [-0.2, 0) is 0 Å². The minimum Gasteiger partial charge on any atom is -0.389 e. The van der Waals surface area contributed by atoms with Crippen molar-refractivity contribution in [2.45, 2.75) is 32.4 Å². The van der Waals surface area contributed by atoms with Gasteiger partial charge in [0, 0.05) is 35.3 Å². The maximum absolute atomic E-state index is 9.67. The van der Waals surface area contributed by atoms with Gasteiger partial charge in [0.15, 0.2) is 0 Å². The maximum atomic E-state index is 9.67. The third-order valence-corrected chi connectivity index (χ3v) is 4.80. The fourth-order valence-corrected chi connectivity index (χ4v) is 3.21. The molecule has 3 nitrogen and oxygen atoms in total. The molecule has 1 aliphatic heterocycles. The van der Waals surface area contributed by atoms with E-state index in [-0.39, 0.29) is 5.54 Å². The molecule has 0 aliphatic carbocycles. The number of aliphatic hydroxyl groups excluding tert-OH is 1. The molecule has 1 heterocycles. The van der Waals surface area contributed by atoms with Gasteiger partial charge in [-0.3, -0.25) is 4.90 Å². The van der Waals surface area contributed by atoms with E-state index in [1.165, 1.54) is 5.69 Å². The van der Waals surface area contributed by atoms with E-state index in [1.54, 1.807) is 6.92 Å². The Kier molecular flexibility index (Phi) is 4.23. The average molecular weight is 327 g/mol. The summed E-state index contributed by atoms with van der Waals surface area (Å²) in [6.45, 7) is 9.47. The van der Waals surface area contributed by atoms with Crippen LogP contribution in [-0.4, -0.2) is 42.2 Å². The number of aliphatic hydroxyl groups is 1. The minimum atomic E-state index is -0.438. The molecular formula is C15H23BrN2O. The summed E-state index contributed by atoms with van der Waals surface area (Å²) in [6, 6.07) is 6.23. The van der Waals surface area contributed by atoms with Crippen LogP contribution >= 0.6 is 15.9 Å². The first-order valence-corrected chi connectivity index (χ1v) is 7.54. The molecule has 0 unspecified atom stereocenters. The van der Waals surface area contributed by atoms with Gasteiger partial charge in [0.2, 0.25) is 0 Å². The molecule has 19 heavy (non-hydrogen) atoms. The highest BCUT2D eigenvalue weighted by molar-refractivity contribution is 9.10. The zero-order chi connectivity index (χ0) is 14.2. The molecule has 1 atom stereocenters. The van der Waals surface area contributed by atoms with Crippen molar-refractivity contribution in [3.05, 3.63) is 28.2 Å². The lowest BCUT2D eigenvalue weighted by Crippen LogP contribution is -2.57. The van der Waals surface area contributed by atoms with Crippen molar-refractivity contribution >= 4 is 21.6 Å². The monoisotopic (exact) mass is 326 g/mol. The summed E-state index contributed by atoms with van der Waals surface area (Å²) in [5.41, 5.74) is 2.35. The van der Waals surface area contributed by atoms with Gasteiger partial charge in [-0.05, 0) is 45.5 Å². The number of halogens is 1. The van der Waals surface area contributed by atoms with Crippen LogP contribution in [0.5, 0.6) is 0 Å². The van der Waals surface area contributed by atoms with Gasteiger partial charge in [-0.25, -0.2) is 0 Å². The zero-order valence-corrected chi connectivity index (χ0v) is 13.7. The molecule has 1 aromatic carbocycles. The summed E-state index contributed by atoms with van der Waals surface area (Å²) in [5, 5.41) is 9.67. The van der Waals surface area contributed by atoms with Crippen LogP contribution in [0.25, 0.3) is 0 Å². The van der Waals surface area contributed by atoms with Crippen molar-refractivity contribution in [2.24, 2.45) is 0 Å². The van der Waals surface area contributed by atoms with Gasteiger partial charge < -0.3 is 10.0 Å². The molecule has 106 valence electrons. The molecule has 0 amide bonds. The zero-order valence-electron chi connectivity index (χ0n) is 12.2. The van der Waals surface area contributed by atoms with E-state index < -0.39 is 6.10 Å². The summed E-state index contributed by atoms with van der Waals surface area (Å²) < 4.78 is 0.983. The second kappa shape index (κ2) is 5.43. The number of likely N-dealkylation sites (N-methyl/N-ethyl adjacent to an activating group) is 1. The molecular weight excluding hydrogens is 304 g/mol. The molecule has 0 spiro atoms. The van der Waals surface area contributed by atoms with Gasteiger partial charge in [0.1, 0.15) is 0 Å². The number of rotatable bonds is 2. The number of anilines is 1. The van der Waals surface area contributed by atoms with E-state index in [0.29, 0.717) is 0 Å². The predicted octanol–water partition coefficient (Wildman–Crippen LogP) is 3.03. The first kappa shape index (κ1) is 14.8. The van der Waals surface area contributed by atoms with Crippen molar-refractivity contribution in [3.63, 3.8) is 0 Å². The second-order valence-corrected chi connectivity index (χ2v) is 6.89. The number of hydrogen-bond acceptors (Lipinski definition) is 3. The first-order chi connectivity index (χ1) is 8.81. The quantitative estimate of drug-likeness (QED) is 0.904. The fraction of sp³-hybridized carbons (Fsp3) is 0.600. The first-order valence-electron chi connectivity index (χ1n) is 6.75. The molecule has 1 N–H and O–H groups in total. The molecule has 1 aliphatic rings. The van der Waals surface area contributed by atoms with Crippen LogP contribution in [0.1, 0.15) is 32.4 Å². The van der Waals surface area contributed by atoms with Crippen LogP contribution in [0.2, 0.25) is 0 Å². The van der Waals surface area contributed by atoms with Crippen LogP contribution < -0.4 is 4.90 Å². The van der Waals surface area contributed by atoms with Gasteiger partial charge >= 0.3 is 0 Å². The van der Waals surface area contributed by atoms with Crippen LogP contribution in [0, 0.1) is 0 Å². The number of piperazine rings is 1. The smallest absolute Gasteiger partial charge is 0.0772 e. The van der Waals surface area contributed by atoms with E-state index in [0.717, 1.165) is 29.7 Å². The van der Waals surface area contributed by atoms with Crippen LogP contribution in [0.3, 0.4) is 0 Å². The Hall–Kier alpha value is -0.580. The Balaban J connectivity index is 2.21. The summed E-state index contributed by atoms with van der Waals surface area (Å²) in [6.07, 6.45) is -0.438. The average Bonchev–Trinajstić information content (AvgIpc) is 2.32. The third-order valence-electron chi connectivity index (χ3n) is 4.12. The highest BCUT2D eigenvalue weighted by Gasteiger charge is 2.31. The minimum absolute atomic E-state index is 0.188. The van der Waals surface area contributed by atoms with E-state index in [1.807, 2.05) is 6.07 Å². The van der Waals surface area contributed by atoms with Gasteiger partial charge in [-0.1, -0.05) is 22.0 Å². The second-order valence-electron chi connectivity index (χ2n) is 6.04. The lowest BCUT2D eigenvalue weighted by Gasteiger charge is -2.46. The van der Waals surface area contributed by atoms with Crippen molar-refractivity contribution in [1.29, 1.82) is 0 Å². The highest BCUT2D eigenvalue weighted by atomic mass is 79.9. The normalized spacial score (nSPS) is 21.5. The number of hydrogen-bond donors (Lipinski definition) is 1. The number of benzene rings is 1. The summed E-state index contributed by atoms with van der Waals surface area (Å²) in [4.78, 5) is 4.82. The molecule has 2 rings (SSSR count). The maximum Gasteiger partial charge on any atom is 0.0772 e. The summed E-state index contributed by atoms with van der Waals surface area (Å²) in [7, 11) is 2.18. The standard InChI is InChI=1S/C15H23BrN2O/c1-11(19)13-6-5-12(9-14(13)16)18-8-7-17(4)15(2,3)10-18/h5-6,9,11,19H,7-8,10H2,1-4H3/t11-/m0/s1. The van der Waals surface area contributed by atoms with Gasteiger partial charge in [-0.15, -0.1) is 0 Å². The highest BCUT2D eigenvalue weighted by Crippen LogP contribution is 2.30. The van der Waals surface area contributed by atoms with Crippen LogP contribution in [0.4, 0.5) is 5.69 Å². The molecule has 1 aromatic rings. The number of nitrogens with zero attached hydrogens (tertiary/aromatic N) is 2. The molecule has 0 radical (unpaired) electrons. The Labute approximate surface area is 124 Å². The third kappa shape index (κ3) is 3.12. The molecule has 4 heteroatoms. The fourth-order valence-electron chi connectivity index (χ4n) is 2.51. The molecule has 0 aromatic heterocycles. The molecule has 0 bridgehead atoms. The van der Waals surface area contributed by atoms with E-state index in [9.17, 15) is 5.11 Å². The van der Waals surface area contributed by atoms with Crippen molar-refractivity contribution in [2.75, 3.05) is 31.6 Å². The Morgan fingerprint density at radius 1 is 1.32 bits per heavy atom. The largest absolute Gasteiger partial charge is 0.389 e. The summed E-state index contributed by atoms with van der Waals surface area (Å²) in [5.74, 6) is 0. The van der Waals surface area contributed by atoms with Gasteiger partial charge in [-0.2, -0.15) is 0 Å². The van der Waals surface area contributed by atoms with E-state index in [2.05, 4.69) is 58.8 Å². The van der Waals surface area contributed by atoms with Crippen LogP contribution in [0.15, 0.2) is 22.7 Å². The topological polar surface area (TPSA) is 26.7 Å². The van der Waals surface area contributed by atoms with Crippen molar-refractivity contribution in [1.82, 2.24) is 4.90 Å². The van der Waals surface area contributed by atoms with Gasteiger partial charge in [0.05, 0.1) is 6.10 Å². The SMILES string of the molecule is C[C@H](O)c1ccc(N2CCN(C)C(C)(C)C2)cc1Br. The Bertz CT molecular complexity index is 459. The summed E-state index contributed by atoms with van der Waals surface area (Å²) >= 11 is 3.56. The lowest BCUT2D eigenvalue weighted by atomic mass is 9.99. The van der Waals surface area contributed by atoms with Crippen molar-refractivity contribution < 1.29 is 5.11 Å². The molecule has 1 fully saturated rings. The van der Waals surface area contributed by atoms with Gasteiger partial charge in [0.25, 0.3) is 0 Å². The Morgan fingerprint density at radius 2 is 2.00 bits per heavy atom. The molecule has 1 saturated heterocycles. The predicted molar refractivity (Wildman–Crippen MR) is 83.7 cm³/mol.